The van der Waals surface area contributed by atoms with E-state index in [9.17, 15) is 4.79 Å². The Hall–Kier alpha value is -2.97. The number of hydrogen-bond acceptors (Lipinski definition) is 7. The van der Waals surface area contributed by atoms with Crippen LogP contribution >= 0.6 is 0 Å². The summed E-state index contributed by atoms with van der Waals surface area (Å²) in [4.78, 5) is 13.9. The van der Waals surface area contributed by atoms with Gasteiger partial charge in [0.2, 0.25) is 0 Å². The maximum atomic E-state index is 11.6. The zero-order chi connectivity index (χ0) is 17.2. The molecule has 3 aromatic heterocycles. The van der Waals surface area contributed by atoms with Gasteiger partial charge in [-0.25, -0.2) is 4.68 Å². The van der Waals surface area contributed by atoms with Gasteiger partial charge in [-0.1, -0.05) is 0 Å². The molecule has 0 amide bonds. The zero-order valence-electron chi connectivity index (χ0n) is 14.0. The molecule has 3 aromatic rings. The molecule has 4 rings (SSSR count). The molecule has 1 N–H and O–H groups in total. The van der Waals surface area contributed by atoms with Gasteiger partial charge in [0.25, 0.3) is 5.56 Å². The number of aryl methyl sites for hydroxylation is 1. The van der Waals surface area contributed by atoms with Crippen molar-refractivity contribution in [1.82, 2.24) is 29.6 Å². The van der Waals surface area contributed by atoms with Gasteiger partial charge >= 0.3 is 0 Å². The summed E-state index contributed by atoms with van der Waals surface area (Å²) in [5.41, 5.74) is 0.626. The predicted molar refractivity (Wildman–Crippen MR) is 93.7 cm³/mol. The van der Waals surface area contributed by atoms with Gasteiger partial charge in [0.05, 0.1) is 0 Å². The maximum absolute atomic E-state index is 11.6. The van der Waals surface area contributed by atoms with Crippen molar-refractivity contribution in [2.24, 2.45) is 7.05 Å². The fourth-order valence-electron chi connectivity index (χ4n) is 3.20. The van der Waals surface area contributed by atoms with Crippen LogP contribution in [0.25, 0.3) is 5.65 Å². The van der Waals surface area contributed by atoms with E-state index in [4.69, 9.17) is 0 Å². The fourth-order valence-corrected chi connectivity index (χ4v) is 3.20. The van der Waals surface area contributed by atoms with E-state index in [1.165, 1.54) is 11.1 Å². The summed E-state index contributed by atoms with van der Waals surface area (Å²) in [6.07, 6.45) is 4.98. The first-order valence-corrected chi connectivity index (χ1v) is 8.43. The summed E-state index contributed by atoms with van der Waals surface area (Å²) >= 11 is 0. The van der Waals surface area contributed by atoms with Gasteiger partial charge in [-0.05, 0) is 37.5 Å². The summed E-state index contributed by atoms with van der Waals surface area (Å²) < 4.78 is 3.03. The summed E-state index contributed by atoms with van der Waals surface area (Å²) in [6, 6.07) is 7.47. The molecule has 1 aliphatic heterocycles. The number of anilines is 2. The SMILES string of the molecule is Cn1nc(N2CCCCC2CNc2ccc3nncn3n2)ccc1=O. The van der Waals surface area contributed by atoms with Crippen LogP contribution in [0.1, 0.15) is 19.3 Å². The van der Waals surface area contributed by atoms with E-state index in [0.717, 1.165) is 43.2 Å². The van der Waals surface area contributed by atoms with Crippen LogP contribution < -0.4 is 15.8 Å². The third-order valence-corrected chi connectivity index (χ3v) is 4.55. The standard InChI is InChI=1S/C16H20N8O/c1-22-16(25)8-7-15(21-22)23-9-3-2-4-12(23)10-17-13-5-6-14-19-18-11-24(14)20-13/h5-8,11-12H,2-4,9-10H2,1H3,(H,17,20). The molecule has 0 radical (unpaired) electrons. The van der Waals surface area contributed by atoms with Gasteiger partial charge < -0.3 is 10.2 Å². The molecule has 1 atom stereocenters. The smallest absolute Gasteiger partial charge is 0.266 e. The molecule has 1 fully saturated rings. The van der Waals surface area contributed by atoms with Gasteiger partial charge in [-0.3, -0.25) is 4.79 Å². The lowest BCUT2D eigenvalue weighted by molar-refractivity contribution is 0.464. The molecule has 25 heavy (non-hydrogen) atoms. The quantitative estimate of drug-likeness (QED) is 0.747. The fraction of sp³-hybridized carbons (Fsp3) is 0.438. The van der Waals surface area contributed by atoms with E-state index in [-0.39, 0.29) is 5.56 Å². The molecule has 1 unspecified atom stereocenters. The normalized spacial score (nSPS) is 17.8. The van der Waals surface area contributed by atoms with E-state index in [2.05, 4.69) is 30.6 Å². The molecule has 0 aliphatic carbocycles. The van der Waals surface area contributed by atoms with Gasteiger partial charge in [-0.15, -0.1) is 15.3 Å². The molecule has 0 aromatic carbocycles. The average Bonchev–Trinajstić information content (AvgIpc) is 3.10. The van der Waals surface area contributed by atoms with Crippen LogP contribution in [-0.2, 0) is 7.05 Å². The van der Waals surface area contributed by atoms with Crippen LogP contribution in [0.3, 0.4) is 0 Å². The Morgan fingerprint density at radius 2 is 2.12 bits per heavy atom. The zero-order valence-corrected chi connectivity index (χ0v) is 14.0. The van der Waals surface area contributed by atoms with E-state index in [0.29, 0.717) is 6.04 Å². The van der Waals surface area contributed by atoms with Gasteiger partial charge in [0.15, 0.2) is 5.65 Å². The molecule has 1 aliphatic rings. The second-order valence-corrected chi connectivity index (χ2v) is 6.23. The lowest BCUT2D eigenvalue weighted by atomic mass is 10.0. The molecule has 1 saturated heterocycles. The van der Waals surface area contributed by atoms with Crippen molar-refractivity contribution in [3.8, 4) is 0 Å². The van der Waals surface area contributed by atoms with Crippen molar-refractivity contribution in [3.05, 3.63) is 40.9 Å². The third-order valence-electron chi connectivity index (χ3n) is 4.55. The largest absolute Gasteiger partial charge is 0.367 e. The Morgan fingerprint density at radius 3 is 3.00 bits per heavy atom. The van der Waals surface area contributed by atoms with E-state index in [1.807, 2.05) is 18.2 Å². The van der Waals surface area contributed by atoms with Crippen molar-refractivity contribution < 1.29 is 0 Å². The van der Waals surface area contributed by atoms with Crippen molar-refractivity contribution in [1.29, 1.82) is 0 Å². The minimum Gasteiger partial charge on any atom is -0.367 e. The Labute approximate surface area is 144 Å². The number of nitrogens with zero attached hydrogens (tertiary/aromatic N) is 7. The van der Waals surface area contributed by atoms with Crippen LogP contribution in [0.5, 0.6) is 0 Å². The number of piperidine rings is 1. The minimum absolute atomic E-state index is 0.0955. The highest BCUT2D eigenvalue weighted by Gasteiger charge is 2.24. The van der Waals surface area contributed by atoms with Crippen molar-refractivity contribution in [3.63, 3.8) is 0 Å². The number of aromatic nitrogens is 6. The lowest BCUT2D eigenvalue weighted by Gasteiger charge is -2.36. The predicted octanol–water partition coefficient (Wildman–Crippen LogP) is 0.689. The summed E-state index contributed by atoms with van der Waals surface area (Å²) in [5, 5.41) is 20.0. The monoisotopic (exact) mass is 340 g/mol. The molecule has 0 saturated carbocycles. The molecule has 130 valence electrons. The van der Waals surface area contributed by atoms with E-state index >= 15 is 0 Å². The summed E-state index contributed by atoms with van der Waals surface area (Å²) in [7, 11) is 1.68. The minimum atomic E-state index is -0.0955. The van der Waals surface area contributed by atoms with Crippen molar-refractivity contribution in [2.75, 3.05) is 23.3 Å². The Bertz CT molecular complexity index is 933. The summed E-state index contributed by atoms with van der Waals surface area (Å²) in [5.74, 6) is 1.63. The second-order valence-electron chi connectivity index (χ2n) is 6.23. The first kappa shape index (κ1) is 15.6. The van der Waals surface area contributed by atoms with Crippen LogP contribution in [0.4, 0.5) is 11.6 Å². The van der Waals surface area contributed by atoms with Crippen LogP contribution in [0.15, 0.2) is 35.4 Å². The van der Waals surface area contributed by atoms with E-state index in [1.54, 1.807) is 24.0 Å². The summed E-state index contributed by atoms with van der Waals surface area (Å²) in [6.45, 7) is 1.70. The number of fused-ring (bicyclic) bond motifs is 1. The highest BCUT2D eigenvalue weighted by molar-refractivity contribution is 5.44. The molecule has 4 heterocycles. The Morgan fingerprint density at radius 1 is 1.20 bits per heavy atom. The Kier molecular flexibility index (Phi) is 4.04. The van der Waals surface area contributed by atoms with Crippen LogP contribution in [0, 0.1) is 0 Å². The number of nitrogens with one attached hydrogen (secondary N) is 1. The second kappa shape index (κ2) is 6.50. The molecular formula is C16H20N8O. The van der Waals surface area contributed by atoms with E-state index < -0.39 is 0 Å². The average molecular weight is 340 g/mol. The van der Waals surface area contributed by atoms with Gasteiger partial charge in [0.1, 0.15) is 18.0 Å². The first-order chi connectivity index (χ1) is 12.2. The van der Waals surface area contributed by atoms with Gasteiger partial charge in [-0.2, -0.15) is 9.61 Å². The third kappa shape index (κ3) is 3.17. The molecule has 9 heteroatoms. The molecular weight excluding hydrogens is 320 g/mol. The number of hydrogen-bond donors (Lipinski definition) is 1. The maximum Gasteiger partial charge on any atom is 0.266 e. The number of rotatable bonds is 4. The molecule has 0 spiro atoms. The van der Waals surface area contributed by atoms with Crippen molar-refractivity contribution >= 4 is 17.3 Å². The highest BCUT2D eigenvalue weighted by Crippen LogP contribution is 2.22. The van der Waals surface area contributed by atoms with Gasteiger partial charge in [0, 0.05) is 32.2 Å². The highest BCUT2D eigenvalue weighted by atomic mass is 16.1. The first-order valence-electron chi connectivity index (χ1n) is 8.43. The van der Waals surface area contributed by atoms with Crippen LogP contribution in [-0.4, -0.2) is 48.7 Å². The topological polar surface area (TPSA) is 93.2 Å². The lowest BCUT2D eigenvalue weighted by Crippen LogP contribution is -2.45. The molecule has 0 bridgehead atoms. The van der Waals surface area contributed by atoms with Crippen molar-refractivity contribution in [2.45, 2.75) is 25.3 Å². The van der Waals surface area contributed by atoms with Crippen LogP contribution in [0.2, 0.25) is 0 Å². The Balaban J connectivity index is 1.50. The molecule has 9 nitrogen and oxygen atoms in total.